The summed E-state index contributed by atoms with van der Waals surface area (Å²) in [6.45, 7) is 0. The van der Waals surface area contributed by atoms with E-state index in [2.05, 4.69) is 20.2 Å². The summed E-state index contributed by atoms with van der Waals surface area (Å²) in [5.41, 5.74) is 1.38. The third-order valence-corrected chi connectivity index (χ3v) is 6.45. The zero-order valence-electron chi connectivity index (χ0n) is 18.9. The highest BCUT2D eigenvalue weighted by Gasteiger charge is 2.32. The topological polar surface area (TPSA) is 122 Å². The van der Waals surface area contributed by atoms with Crippen LogP contribution in [0.15, 0.2) is 12.3 Å². The Morgan fingerprint density at radius 3 is 2.62 bits per heavy atom. The average molecular weight is 445 g/mol. The number of amides is 2. The molecule has 2 aliphatic rings. The van der Waals surface area contributed by atoms with Crippen LogP contribution in [0.1, 0.15) is 61.5 Å². The molecule has 3 atom stereocenters. The predicted octanol–water partition coefficient (Wildman–Crippen LogP) is 2.30. The molecule has 2 amide bonds. The van der Waals surface area contributed by atoms with Gasteiger partial charge in [0.15, 0.2) is 0 Å². The monoisotopic (exact) mass is 444 g/mol. The van der Waals surface area contributed by atoms with Gasteiger partial charge in [-0.3, -0.25) is 4.79 Å². The van der Waals surface area contributed by atoms with Gasteiger partial charge < -0.3 is 29.9 Å². The molecule has 0 aromatic carbocycles. The smallest absolute Gasteiger partial charge is 0.407 e. The van der Waals surface area contributed by atoms with E-state index < -0.39 is 12.2 Å². The molecule has 0 bridgehead atoms. The molecule has 32 heavy (non-hydrogen) atoms. The average Bonchev–Trinajstić information content (AvgIpc) is 3.42. The maximum atomic E-state index is 12.8. The predicted molar refractivity (Wildman–Crippen MR) is 120 cm³/mol. The fraction of sp³-hybridized carbons (Fsp3) is 0.636. The number of rotatable bonds is 5. The SMILES string of the molecule is CNC(=O)O[C@H]1CC[C@@H](Nc2ncc3cc(C(=O)N(C)C)n(C4CCCC4)c3n2)[C@H](O)C1. The van der Waals surface area contributed by atoms with Crippen LogP contribution in [-0.4, -0.2) is 75.9 Å². The van der Waals surface area contributed by atoms with Gasteiger partial charge in [-0.1, -0.05) is 12.8 Å². The van der Waals surface area contributed by atoms with Crippen molar-refractivity contribution in [2.75, 3.05) is 26.5 Å². The summed E-state index contributed by atoms with van der Waals surface area (Å²) in [7, 11) is 5.02. The van der Waals surface area contributed by atoms with Gasteiger partial charge in [0.1, 0.15) is 17.4 Å². The van der Waals surface area contributed by atoms with Gasteiger partial charge >= 0.3 is 6.09 Å². The lowest BCUT2D eigenvalue weighted by Gasteiger charge is -2.33. The van der Waals surface area contributed by atoms with Gasteiger partial charge in [0.2, 0.25) is 5.95 Å². The number of hydrogen-bond donors (Lipinski definition) is 3. The molecule has 0 aliphatic heterocycles. The van der Waals surface area contributed by atoms with E-state index in [1.807, 2.05) is 6.07 Å². The van der Waals surface area contributed by atoms with Crippen LogP contribution < -0.4 is 10.6 Å². The van der Waals surface area contributed by atoms with E-state index in [0.717, 1.165) is 36.7 Å². The Balaban J connectivity index is 1.56. The van der Waals surface area contributed by atoms with Crippen LogP contribution in [-0.2, 0) is 4.74 Å². The van der Waals surface area contributed by atoms with Crippen molar-refractivity contribution in [1.29, 1.82) is 0 Å². The summed E-state index contributed by atoms with van der Waals surface area (Å²) in [5.74, 6) is 0.377. The van der Waals surface area contributed by atoms with Crippen LogP contribution >= 0.6 is 0 Å². The molecular weight excluding hydrogens is 412 g/mol. The Hall–Kier alpha value is -2.88. The summed E-state index contributed by atoms with van der Waals surface area (Å²) in [6, 6.07) is 1.88. The van der Waals surface area contributed by atoms with Crippen molar-refractivity contribution < 1.29 is 19.4 Å². The Kier molecular flexibility index (Phi) is 6.50. The summed E-state index contributed by atoms with van der Waals surface area (Å²) >= 11 is 0. The number of fused-ring (bicyclic) bond motifs is 1. The second-order valence-electron chi connectivity index (χ2n) is 8.92. The zero-order valence-corrected chi connectivity index (χ0v) is 18.9. The van der Waals surface area contributed by atoms with Crippen molar-refractivity contribution >= 4 is 29.0 Å². The van der Waals surface area contributed by atoms with Gasteiger partial charge in [-0.25, -0.2) is 9.78 Å². The number of hydrogen-bond acceptors (Lipinski definition) is 7. The minimum absolute atomic E-state index is 0.0470. The molecule has 3 N–H and O–H groups in total. The molecule has 0 spiro atoms. The first-order chi connectivity index (χ1) is 15.4. The Labute approximate surface area is 187 Å². The molecule has 10 heteroatoms. The van der Waals surface area contributed by atoms with Crippen LogP contribution in [0.4, 0.5) is 10.7 Å². The van der Waals surface area contributed by atoms with E-state index >= 15 is 0 Å². The lowest BCUT2D eigenvalue weighted by molar-refractivity contribution is 0.0172. The highest BCUT2D eigenvalue weighted by Crippen LogP contribution is 2.35. The molecule has 2 aromatic heterocycles. The normalized spacial score (nSPS) is 23.8. The van der Waals surface area contributed by atoms with Crippen LogP contribution in [0.25, 0.3) is 11.0 Å². The van der Waals surface area contributed by atoms with Crippen LogP contribution in [0, 0.1) is 0 Å². The lowest BCUT2D eigenvalue weighted by atomic mass is 9.90. The zero-order chi connectivity index (χ0) is 22.8. The van der Waals surface area contributed by atoms with E-state index in [1.54, 1.807) is 25.2 Å². The molecule has 0 radical (unpaired) electrons. The first-order valence-electron chi connectivity index (χ1n) is 11.3. The molecule has 0 saturated heterocycles. The van der Waals surface area contributed by atoms with Crippen molar-refractivity contribution in [2.45, 2.75) is 69.2 Å². The van der Waals surface area contributed by atoms with E-state index in [-0.39, 0.29) is 24.1 Å². The van der Waals surface area contributed by atoms with Crippen molar-refractivity contribution in [2.24, 2.45) is 0 Å². The van der Waals surface area contributed by atoms with Gasteiger partial charge in [0.05, 0.1) is 12.1 Å². The number of aliphatic hydroxyl groups is 1. The fourth-order valence-corrected chi connectivity index (χ4v) is 4.76. The van der Waals surface area contributed by atoms with Gasteiger partial charge in [-0.15, -0.1) is 0 Å². The number of carbonyl (C=O) groups excluding carboxylic acids is 2. The van der Waals surface area contributed by atoms with Gasteiger partial charge in [0, 0.05) is 45.2 Å². The van der Waals surface area contributed by atoms with E-state index in [0.29, 0.717) is 30.9 Å². The summed E-state index contributed by atoms with van der Waals surface area (Å²) in [4.78, 5) is 35.0. The molecule has 2 aliphatic carbocycles. The quantitative estimate of drug-likeness (QED) is 0.647. The molecule has 2 heterocycles. The largest absolute Gasteiger partial charge is 0.446 e. The number of ether oxygens (including phenoxy) is 1. The molecule has 2 fully saturated rings. The maximum Gasteiger partial charge on any atom is 0.407 e. The summed E-state index contributed by atoms with van der Waals surface area (Å²) in [5, 5.41) is 17.1. The van der Waals surface area contributed by atoms with Gasteiger partial charge in [0.25, 0.3) is 5.91 Å². The number of anilines is 1. The number of carbonyl (C=O) groups is 2. The second-order valence-corrected chi connectivity index (χ2v) is 8.92. The third-order valence-electron chi connectivity index (χ3n) is 6.45. The maximum absolute atomic E-state index is 12.8. The standard InChI is InChI=1S/C22H32N6O4/c1-23-22(31)32-15-8-9-16(18(29)11-15)25-21-24-12-13-10-17(20(30)27(2)3)28(19(13)26-21)14-6-4-5-7-14/h10,12,14-16,18,29H,4-9,11H2,1-3H3,(H,23,31)(H,24,25,26)/t15-,16+,18+/m0/s1. The minimum Gasteiger partial charge on any atom is -0.446 e. The molecule has 0 unspecified atom stereocenters. The molecule has 10 nitrogen and oxygen atoms in total. The Morgan fingerprint density at radius 2 is 1.97 bits per heavy atom. The number of nitrogens with one attached hydrogen (secondary N) is 2. The van der Waals surface area contributed by atoms with Gasteiger partial charge in [-0.2, -0.15) is 4.98 Å². The Morgan fingerprint density at radius 1 is 1.22 bits per heavy atom. The van der Waals surface area contributed by atoms with Crippen molar-refractivity contribution in [1.82, 2.24) is 24.8 Å². The molecular formula is C22H32N6O4. The lowest BCUT2D eigenvalue weighted by Crippen LogP contribution is -2.43. The number of alkyl carbamates (subject to hydrolysis) is 1. The van der Waals surface area contributed by atoms with Crippen LogP contribution in [0.3, 0.4) is 0 Å². The highest BCUT2D eigenvalue weighted by atomic mass is 16.6. The van der Waals surface area contributed by atoms with Crippen LogP contribution in [0.5, 0.6) is 0 Å². The molecule has 174 valence electrons. The first-order valence-corrected chi connectivity index (χ1v) is 11.3. The van der Waals surface area contributed by atoms with Crippen molar-refractivity contribution in [3.63, 3.8) is 0 Å². The van der Waals surface area contributed by atoms with Crippen molar-refractivity contribution in [3.05, 3.63) is 18.0 Å². The van der Waals surface area contributed by atoms with Crippen molar-refractivity contribution in [3.8, 4) is 0 Å². The summed E-state index contributed by atoms with van der Waals surface area (Å²) < 4.78 is 7.35. The van der Waals surface area contributed by atoms with E-state index in [4.69, 9.17) is 9.72 Å². The number of aromatic nitrogens is 3. The van der Waals surface area contributed by atoms with E-state index in [9.17, 15) is 14.7 Å². The van der Waals surface area contributed by atoms with Crippen LogP contribution in [0.2, 0.25) is 0 Å². The fourth-order valence-electron chi connectivity index (χ4n) is 4.76. The number of nitrogens with zero attached hydrogens (tertiary/aromatic N) is 4. The van der Waals surface area contributed by atoms with Gasteiger partial charge in [-0.05, 0) is 31.7 Å². The minimum atomic E-state index is -0.690. The third kappa shape index (κ3) is 4.50. The summed E-state index contributed by atoms with van der Waals surface area (Å²) in [6.07, 6.45) is 6.20. The van der Waals surface area contributed by atoms with E-state index in [1.165, 1.54) is 7.05 Å². The number of aliphatic hydroxyl groups excluding tert-OH is 1. The highest BCUT2D eigenvalue weighted by molar-refractivity contribution is 5.97. The Bertz CT molecular complexity index is 984. The molecule has 2 aromatic rings. The second kappa shape index (κ2) is 9.32. The molecule has 4 rings (SSSR count). The molecule has 2 saturated carbocycles. The first kappa shape index (κ1) is 22.3.